The first kappa shape index (κ1) is 21.2. The molecule has 0 atom stereocenters. The smallest absolute Gasteiger partial charge is 0.278 e. The second-order valence-corrected chi connectivity index (χ2v) is 10.5. The minimum atomic E-state index is -0.258. The van der Waals surface area contributed by atoms with Crippen LogP contribution in [-0.4, -0.2) is 33.5 Å². The molecule has 7 heteroatoms. The molecule has 1 aromatic heterocycles. The van der Waals surface area contributed by atoms with Gasteiger partial charge in [-0.15, -0.1) is 5.10 Å². The number of amides is 1. The molecule has 0 saturated heterocycles. The van der Waals surface area contributed by atoms with E-state index >= 15 is 0 Å². The predicted molar refractivity (Wildman–Crippen MR) is 132 cm³/mol. The zero-order valence-electron chi connectivity index (χ0n) is 19.8. The maximum absolute atomic E-state index is 13.2. The SMILES string of the molecule is COc1cccc(-n2nnc(C(=O)Nc3ccccc3NC34CC5CC(CC(C5)C3)C4)c2C)c1. The lowest BCUT2D eigenvalue weighted by Gasteiger charge is -2.57. The van der Waals surface area contributed by atoms with E-state index in [4.69, 9.17) is 4.74 Å². The Morgan fingerprint density at radius 3 is 2.35 bits per heavy atom. The average molecular weight is 458 g/mol. The van der Waals surface area contributed by atoms with Crippen LogP contribution < -0.4 is 15.4 Å². The van der Waals surface area contributed by atoms with Crippen LogP contribution in [0.15, 0.2) is 48.5 Å². The van der Waals surface area contributed by atoms with Crippen molar-refractivity contribution in [2.45, 2.75) is 51.0 Å². The predicted octanol–water partition coefficient (Wildman–Crippen LogP) is 5.22. The number of ether oxygens (including phenoxy) is 1. The van der Waals surface area contributed by atoms with E-state index in [1.165, 1.54) is 38.5 Å². The molecule has 3 aromatic rings. The fourth-order valence-electron chi connectivity index (χ4n) is 6.96. The van der Waals surface area contributed by atoms with Crippen LogP contribution in [0.4, 0.5) is 11.4 Å². The quantitative estimate of drug-likeness (QED) is 0.531. The Kier molecular flexibility index (Phi) is 5.08. The van der Waals surface area contributed by atoms with Gasteiger partial charge in [-0.3, -0.25) is 4.79 Å². The summed E-state index contributed by atoms with van der Waals surface area (Å²) in [4.78, 5) is 13.2. The van der Waals surface area contributed by atoms with Crippen LogP contribution in [0.25, 0.3) is 5.69 Å². The molecule has 1 amide bonds. The van der Waals surface area contributed by atoms with E-state index in [0.29, 0.717) is 11.4 Å². The number of para-hydroxylation sites is 2. The molecule has 2 aromatic carbocycles. The molecule has 4 saturated carbocycles. The Hall–Kier alpha value is -3.35. The molecule has 34 heavy (non-hydrogen) atoms. The molecule has 4 aliphatic rings. The van der Waals surface area contributed by atoms with Crippen LogP contribution >= 0.6 is 0 Å². The van der Waals surface area contributed by atoms with Gasteiger partial charge < -0.3 is 15.4 Å². The minimum absolute atomic E-state index is 0.168. The third-order valence-electron chi connectivity index (χ3n) is 8.02. The highest BCUT2D eigenvalue weighted by Crippen LogP contribution is 2.56. The van der Waals surface area contributed by atoms with E-state index < -0.39 is 0 Å². The summed E-state index contributed by atoms with van der Waals surface area (Å²) in [6.07, 6.45) is 7.95. The van der Waals surface area contributed by atoms with Gasteiger partial charge in [0.25, 0.3) is 5.91 Å². The highest BCUT2D eigenvalue weighted by molar-refractivity contribution is 6.05. The number of methoxy groups -OCH3 is 1. The number of carbonyl (C=O) groups excluding carboxylic acids is 1. The standard InChI is InChI=1S/C27H31N5O2/c1-17-25(30-31-32(17)21-6-5-7-22(13-21)34-2)26(33)28-23-8-3-4-9-24(23)29-27-14-18-10-19(15-27)12-20(11-18)16-27/h3-9,13,18-20,29H,10-12,14-16H2,1-2H3,(H,28,33). The molecular weight excluding hydrogens is 426 g/mol. The summed E-state index contributed by atoms with van der Waals surface area (Å²) < 4.78 is 6.98. The van der Waals surface area contributed by atoms with Crippen molar-refractivity contribution in [2.24, 2.45) is 17.8 Å². The second kappa shape index (κ2) is 8.15. The van der Waals surface area contributed by atoms with Crippen molar-refractivity contribution >= 4 is 17.3 Å². The van der Waals surface area contributed by atoms with Gasteiger partial charge >= 0.3 is 0 Å². The Morgan fingerprint density at radius 2 is 1.68 bits per heavy atom. The molecule has 0 aliphatic heterocycles. The molecule has 0 spiro atoms. The number of hydrogen-bond donors (Lipinski definition) is 2. The lowest BCUT2D eigenvalue weighted by Crippen LogP contribution is -2.54. The number of nitrogens with zero attached hydrogens (tertiary/aromatic N) is 3. The first-order valence-corrected chi connectivity index (χ1v) is 12.3. The van der Waals surface area contributed by atoms with E-state index in [1.54, 1.807) is 11.8 Å². The summed E-state index contributed by atoms with van der Waals surface area (Å²) in [6, 6.07) is 15.6. The van der Waals surface area contributed by atoms with Gasteiger partial charge in [0.15, 0.2) is 5.69 Å². The third-order valence-corrected chi connectivity index (χ3v) is 8.02. The molecule has 176 valence electrons. The van der Waals surface area contributed by atoms with E-state index in [-0.39, 0.29) is 11.4 Å². The van der Waals surface area contributed by atoms with Crippen LogP contribution in [0, 0.1) is 24.7 Å². The number of carbonyl (C=O) groups is 1. The fourth-order valence-corrected chi connectivity index (χ4v) is 6.96. The molecular formula is C27H31N5O2. The fraction of sp³-hybridized carbons (Fsp3) is 0.444. The van der Waals surface area contributed by atoms with Crippen LogP contribution in [0.2, 0.25) is 0 Å². The van der Waals surface area contributed by atoms with E-state index in [2.05, 4.69) is 27.0 Å². The number of benzene rings is 2. The average Bonchev–Trinajstić information content (AvgIpc) is 3.20. The molecule has 2 N–H and O–H groups in total. The molecule has 7 nitrogen and oxygen atoms in total. The zero-order valence-corrected chi connectivity index (χ0v) is 19.8. The van der Waals surface area contributed by atoms with Gasteiger partial charge in [-0.05, 0) is 87.5 Å². The van der Waals surface area contributed by atoms with Crippen molar-refractivity contribution in [3.63, 3.8) is 0 Å². The Morgan fingerprint density at radius 1 is 1.00 bits per heavy atom. The van der Waals surface area contributed by atoms with Gasteiger partial charge in [-0.2, -0.15) is 0 Å². The molecule has 7 rings (SSSR count). The van der Waals surface area contributed by atoms with Crippen molar-refractivity contribution in [3.05, 3.63) is 59.9 Å². The molecule has 1 heterocycles. The van der Waals surface area contributed by atoms with Crippen LogP contribution in [0.3, 0.4) is 0 Å². The normalized spacial score (nSPS) is 26.9. The monoisotopic (exact) mass is 457 g/mol. The summed E-state index contributed by atoms with van der Waals surface area (Å²) >= 11 is 0. The lowest BCUT2D eigenvalue weighted by molar-refractivity contribution is 0.0107. The zero-order chi connectivity index (χ0) is 23.3. The number of nitrogens with one attached hydrogen (secondary N) is 2. The van der Waals surface area contributed by atoms with Crippen LogP contribution in [0.5, 0.6) is 5.75 Å². The minimum Gasteiger partial charge on any atom is -0.497 e. The van der Waals surface area contributed by atoms with Gasteiger partial charge in [-0.1, -0.05) is 23.4 Å². The maximum Gasteiger partial charge on any atom is 0.278 e. The van der Waals surface area contributed by atoms with E-state index in [0.717, 1.165) is 40.6 Å². The van der Waals surface area contributed by atoms with E-state index in [9.17, 15) is 4.79 Å². The molecule has 0 unspecified atom stereocenters. The summed E-state index contributed by atoms with van der Waals surface area (Å²) in [5.41, 5.74) is 3.74. The first-order chi connectivity index (χ1) is 16.5. The Labute approximate surface area is 199 Å². The molecule has 4 bridgehead atoms. The lowest BCUT2D eigenvalue weighted by atomic mass is 9.53. The summed E-state index contributed by atoms with van der Waals surface area (Å²) in [5, 5.41) is 15.4. The van der Waals surface area contributed by atoms with Crippen molar-refractivity contribution < 1.29 is 9.53 Å². The molecule has 0 radical (unpaired) electrons. The topological polar surface area (TPSA) is 81.1 Å². The third kappa shape index (κ3) is 3.73. The van der Waals surface area contributed by atoms with E-state index in [1.807, 2.05) is 49.4 Å². The second-order valence-electron chi connectivity index (χ2n) is 10.5. The summed E-state index contributed by atoms with van der Waals surface area (Å²) in [7, 11) is 1.63. The highest BCUT2D eigenvalue weighted by Gasteiger charge is 2.51. The van der Waals surface area contributed by atoms with Gasteiger partial charge in [-0.25, -0.2) is 4.68 Å². The Bertz CT molecular complexity index is 1200. The highest BCUT2D eigenvalue weighted by atomic mass is 16.5. The van der Waals surface area contributed by atoms with Crippen molar-refractivity contribution in [2.75, 3.05) is 17.7 Å². The number of rotatable bonds is 6. The van der Waals surface area contributed by atoms with Crippen LogP contribution in [-0.2, 0) is 0 Å². The number of aromatic nitrogens is 3. The largest absolute Gasteiger partial charge is 0.497 e. The summed E-state index contributed by atoms with van der Waals surface area (Å²) in [6.45, 7) is 1.86. The summed E-state index contributed by atoms with van der Waals surface area (Å²) in [5.74, 6) is 3.04. The number of hydrogen-bond acceptors (Lipinski definition) is 5. The van der Waals surface area contributed by atoms with Gasteiger partial charge in [0.2, 0.25) is 0 Å². The van der Waals surface area contributed by atoms with Crippen molar-refractivity contribution in [1.82, 2.24) is 15.0 Å². The molecule has 4 fully saturated rings. The van der Waals surface area contributed by atoms with Gasteiger partial charge in [0, 0.05) is 11.6 Å². The van der Waals surface area contributed by atoms with Gasteiger partial charge in [0.05, 0.1) is 29.9 Å². The van der Waals surface area contributed by atoms with Crippen molar-refractivity contribution in [3.8, 4) is 11.4 Å². The van der Waals surface area contributed by atoms with Crippen molar-refractivity contribution in [1.29, 1.82) is 0 Å². The Balaban J connectivity index is 1.23. The number of anilines is 2. The molecule has 4 aliphatic carbocycles. The van der Waals surface area contributed by atoms with Gasteiger partial charge in [0.1, 0.15) is 5.75 Å². The van der Waals surface area contributed by atoms with Crippen LogP contribution in [0.1, 0.15) is 54.7 Å². The maximum atomic E-state index is 13.2. The first-order valence-electron chi connectivity index (χ1n) is 12.3.